The zero-order valence-electron chi connectivity index (χ0n) is 22.0. The number of carbonyl (C=O) groups excluding carboxylic acids is 1. The molecular weight excluding hydrogens is 446 g/mol. The molecule has 1 aromatic rings. The van der Waals surface area contributed by atoms with Crippen LogP contribution in [0.15, 0.2) is 47.1 Å². The van der Waals surface area contributed by atoms with Gasteiger partial charge in [-0.25, -0.2) is 0 Å². The number of ketones is 1. The first kappa shape index (κ1) is 24.4. The molecule has 2 N–H and O–H groups in total. The normalized spacial score (nSPS) is 36.3. The van der Waals surface area contributed by atoms with Crippen molar-refractivity contribution in [2.45, 2.75) is 95.5 Å². The average Bonchev–Trinajstić information content (AvgIpc) is 3.17. The summed E-state index contributed by atoms with van der Waals surface area (Å²) in [7, 11) is 0. The number of aliphatic hydroxyl groups is 2. The molecule has 0 amide bonds. The molecule has 4 aliphatic carbocycles. The maximum Gasteiger partial charge on any atom is 0.156 e. The van der Waals surface area contributed by atoms with E-state index in [2.05, 4.69) is 36.1 Å². The van der Waals surface area contributed by atoms with E-state index in [4.69, 9.17) is 0 Å². The molecule has 1 saturated heterocycles. The summed E-state index contributed by atoms with van der Waals surface area (Å²) in [6, 6.07) is 9.37. The van der Waals surface area contributed by atoms with Crippen LogP contribution < -0.4 is 4.90 Å². The Hall–Kier alpha value is -1.91. The molecule has 0 radical (unpaired) electrons. The van der Waals surface area contributed by atoms with Crippen molar-refractivity contribution in [2.24, 2.45) is 17.3 Å². The molecule has 1 aromatic carbocycles. The summed E-state index contributed by atoms with van der Waals surface area (Å²) in [4.78, 5) is 14.8. The van der Waals surface area contributed by atoms with Gasteiger partial charge in [0.05, 0.1) is 5.60 Å². The highest BCUT2D eigenvalue weighted by molar-refractivity contribution is 5.93. The summed E-state index contributed by atoms with van der Waals surface area (Å²) >= 11 is 0. The number of rotatable bonds is 5. The van der Waals surface area contributed by atoms with Crippen LogP contribution in [0.1, 0.15) is 95.5 Å². The van der Waals surface area contributed by atoms with Crippen molar-refractivity contribution < 1.29 is 15.0 Å². The third-order valence-electron chi connectivity index (χ3n) is 10.8. The Bertz CT molecular complexity index is 1070. The molecule has 4 heteroatoms. The average molecular weight is 490 g/mol. The second-order valence-electron chi connectivity index (χ2n) is 12.5. The van der Waals surface area contributed by atoms with Crippen LogP contribution in [0.5, 0.6) is 0 Å². The van der Waals surface area contributed by atoms with E-state index in [1.807, 2.05) is 6.08 Å². The first-order valence-electron chi connectivity index (χ1n) is 14.6. The minimum Gasteiger partial charge on any atom is -0.396 e. The molecule has 0 unspecified atom stereocenters. The van der Waals surface area contributed by atoms with Crippen molar-refractivity contribution in [3.63, 3.8) is 0 Å². The third kappa shape index (κ3) is 3.91. The highest BCUT2D eigenvalue weighted by atomic mass is 16.3. The van der Waals surface area contributed by atoms with Crippen molar-refractivity contribution in [1.82, 2.24) is 0 Å². The van der Waals surface area contributed by atoms with E-state index in [1.54, 1.807) is 5.57 Å². The predicted molar refractivity (Wildman–Crippen MR) is 144 cm³/mol. The molecule has 2 saturated carbocycles. The van der Waals surface area contributed by atoms with Gasteiger partial charge in [-0.15, -0.1) is 0 Å². The molecule has 4 nitrogen and oxygen atoms in total. The Balaban J connectivity index is 1.41. The van der Waals surface area contributed by atoms with Crippen molar-refractivity contribution >= 4 is 11.5 Å². The number of benzene rings is 1. The van der Waals surface area contributed by atoms with Gasteiger partial charge in [-0.2, -0.15) is 0 Å². The molecule has 36 heavy (non-hydrogen) atoms. The lowest BCUT2D eigenvalue weighted by molar-refractivity contribution is -0.114. The van der Waals surface area contributed by atoms with Gasteiger partial charge in [0.2, 0.25) is 0 Å². The maximum atomic E-state index is 12.3. The van der Waals surface area contributed by atoms with E-state index in [9.17, 15) is 15.0 Å². The number of nitrogens with zero attached hydrogens (tertiary/aromatic N) is 1. The summed E-state index contributed by atoms with van der Waals surface area (Å²) in [5, 5.41) is 21.6. The molecule has 0 bridgehead atoms. The Kier molecular flexibility index (Phi) is 6.40. The van der Waals surface area contributed by atoms with Crippen LogP contribution in [0.2, 0.25) is 0 Å². The Morgan fingerprint density at radius 3 is 2.56 bits per heavy atom. The van der Waals surface area contributed by atoms with Crippen LogP contribution in [-0.2, 0) is 4.79 Å². The molecule has 5 atom stereocenters. The topological polar surface area (TPSA) is 60.8 Å². The Morgan fingerprint density at radius 1 is 1.03 bits per heavy atom. The van der Waals surface area contributed by atoms with Gasteiger partial charge in [0, 0.05) is 43.1 Å². The van der Waals surface area contributed by atoms with Gasteiger partial charge < -0.3 is 15.1 Å². The first-order chi connectivity index (χ1) is 17.4. The number of aliphatic hydroxyl groups excluding tert-OH is 1. The van der Waals surface area contributed by atoms with Crippen LogP contribution in [0.3, 0.4) is 0 Å². The lowest BCUT2D eigenvalue weighted by Gasteiger charge is -2.55. The second-order valence-corrected chi connectivity index (χ2v) is 12.5. The fourth-order valence-electron chi connectivity index (χ4n) is 8.91. The number of piperidine rings is 1. The van der Waals surface area contributed by atoms with E-state index in [0.29, 0.717) is 31.1 Å². The molecule has 194 valence electrons. The van der Waals surface area contributed by atoms with Gasteiger partial charge in [-0.1, -0.05) is 24.6 Å². The molecule has 1 heterocycles. The molecule has 5 aliphatic rings. The van der Waals surface area contributed by atoms with Crippen LogP contribution in [0.4, 0.5) is 5.69 Å². The van der Waals surface area contributed by atoms with E-state index < -0.39 is 5.60 Å². The summed E-state index contributed by atoms with van der Waals surface area (Å²) in [6.45, 7) is 4.81. The van der Waals surface area contributed by atoms with Crippen LogP contribution in [-0.4, -0.2) is 41.3 Å². The molecule has 1 aliphatic heterocycles. The van der Waals surface area contributed by atoms with Crippen molar-refractivity contribution in [2.75, 3.05) is 24.6 Å². The Morgan fingerprint density at radius 2 is 1.81 bits per heavy atom. The van der Waals surface area contributed by atoms with Crippen molar-refractivity contribution in [1.29, 1.82) is 0 Å². The number of hydrogen-bond donors (Lipinski definition) is 2. The van der Waals surface area contributed by atoms with Crippen molar-refractivity contribution in [3.05, 3.63) is 52.6 Å². The molecule has 3 fully saturated rings. The fourth-order valence-corrected chi connectivity index (χ4v) is 8.91. The van der Waals surface area contributed by atoms with E-state index in [1.165, 1.54) is 41.7 Å². The fraction of sp³-hybridized carbons (Fsp3) is 0.656. The summed E-state index contributed by atoms with van der Waals surface area (Å²) in [5.41, 5.74) is 6.21. The number of allylic oxidation sites excluding steroid dienone is 4. The third-order valence-corrected chi connectivity index (χ3v) is 10.8. The zero-order valence-corrected chi connectivity index (χ0v) is 22.0. The quantitative estimate of drug-likeness (QED) is 0.526. The minimum absolute atomic E-state index is 0.144. The van der Waals surface area contributed by atoms with Gasteiger partial charge in [-0.3, -0.25) is 4.79 Å². The van der Waals surface area contributed by atoms with E-state index in [-0.39, 0.29) is 23.7 Å². The number of carbonyl (C=O) groups is 1. The van der Waals surface area contributed by atoms with Crippen LogP contribution >= 0.6 is 0 Å². The molecular formula is C32H43NO3. The van der Waals surface area contributed by atoms with Crippen molar-refractivity contribution in [3.8, 4) is 0 Å². The number of hydrogen-bond acceptors (Lipinski definition) is 4. The summed E-state index contributed by atoms with van der Waals surface area (Å²) in [6.07, 6.45) is 13.7. The van der Waals surface area contributed by atoms with Crippen LogP contribution in [0, 0.1) is 17.3 Å². The van der Waals surface area contributed by atoms with Gasteiger partial charge in [-0.05, 0) is 117 Å². The van der Waals surface area contributed by atoms with Crippen LogP contribution in [0.25, 0.3) is 0 Å². The lowest BCUT2D eigenvalue weighted by Crippen LogP contribution is -2.51. The standard InChI is InChI=1S/C32H43NO3/c1-31-21-28(22-6-9-24(10-7-22)33-17-3-2-4-18-33)30-26-13-11-25(35)20-23(26)8-12-27(30)29(31)14-16-32(31,36)15-5-19-34/h6-7,9-10,20,27-29,34,36H,2-5,8,11-19,21H2,1H3/t27-,28+,29-,31-,32-/m0/s1. The lowest BCUT2D eigenvalue weighted by atomic mass is 9.51. The highest BCUT2D eigenvalue weighted by Gasteiger charge is 2.62. The predicted octanol–water partition coefficient (Wildman–Crippen LogP) is 6.08. The second kappa shape index (κ2) is 9.44. The molecule has 6 rings (SSSR count). The Labute approximate surface area is 216 Å². The highest BCUT2D eigenvalue weighted by Crippen LogP contribution is 2.67. The smallest absolute Gasteiger partial charge is 0.156 e. The summed E-state index contributed by atoms with van der Waals surface area (Å²) in [5.74, 6) is 1.54. The van der Waals surface area contributed by atoms with Gasteiger partial charge in [0.15, 0.2) is 5.78 Å². The van der Waals surface area contributed by atoms with Gasteiger partial charge >= 0.3 is 0 Å². The molecule has 0 spiro atoms. The van der Waals surface area contributed by atoms with E-state index in [0.717, 1.165) is 51.6 Å². The molecule has 0 aromatic heterocycles. The number of anilines is 1. The van der Waals surface area contributed by atoms with E-state index >= 15 is 0 Å². The number of fused-ring (bicyclic) bond motifs is 4. The summed E-state index contributed by atoms with van der Waals surface area (Å²) < 4.78 is 0. The minimum atomic E-state index is -0.707. The van der Waals surface area contributed by atoms with Gasteiger partial charge in [0.25, 0.3) is 0 Å². The monoisotopic (exact) mass is 489 g/mol. The SMILES string of the molecule is C[C@]12C[C@H](c3ccc(N4CCCCC4)cc3)C3=C4CCC(=O)C=C4CC[C@H]3[C@@H]1CC[C@@]2(O)CCCO. The first-order valence-corrected chi connectivity index (χ1v) is 14.6. The largest absolute Gasteiger partial charge is 0.396 e. The maximum absolute atomic E-state index is 12.3. The zero-order chi connectivity index (χ0) is 24.9. The van der Waals surface area contributed by atoms with Gasteiger partial charge in [0.1, 0.15) is 0 Å².